The summed E-state index contributed by atoms with van der Waals surface area (Å²) in [4.78, 5) is 23.4. The molecule has 1 aliphatic heterocycles. The van der Waals surface area contributed by atoms with Gasteiger partial charge >= 0.3 is 0 Å². The standard InChI is InChI=1S/C15H21N5O5/c21-5-8-10(22)11(23)14(25-8)20-6-16-9-12(20)18-15(19-13(9)24)17-7-3-1-2-4-7/h6-8,10-11,14,21-23H,1-5H2,(H2,17,18,19,24)/t8-,10-,11-,14-/m1/s1. The van der Waals surface area contributed by atoms with Crippen LogP contribution in [0.1, 0.15) is 31.9 Å². The number of nitrogens with zero attached hydrogens (tertiary/aromatic N) is 3. The summed E-state index contributed by atoms with van der Waals surface area (Å²) in [6.45, 7) is -0.427. The Morgan fingerprint density at radius 1 is 1.32 bits per heavy atom. The van der Waals surface area contributed by atoms with E-state index in [-0.39, 0.29) is 17.2 Å². The third kappa shape index (κ3) is 2.80. The highest BCUT2D eigenvalue weighted by Crippen LogP contribution is 2.31. The number of aromatic nitrogens is 4. The minimum absolute atomic E-state index is 0.120. The van der Waals surface area contributed by atoms with Crippen molar-refractivity contribution in [2.75, 3.05) is 11.9 Å². The molecule has 0 spiro atoms. The van der Waals surface area contributed by atoms with Gasteiger partial charge in [-0.15, -0.1) is 0 Å². The highest BCUT2D eigenvalue weighted by atomic mass is 16.6. The van der Waals surface area contributed by atoms with Gasteiger partial charge in [-0.25, -0.2) is 4.98 Å². The first-order chi connectivity index (χ1) is 12.1. The maximum atomic E-state index is 12.3. The molecule has 5 N–H and O–H groups in total. The number of hydrogen-bond donors (Lipinski definition) is 5. The predicted molar refractivity (Wildman–Crippen MR) is 87.0 cm³/mol. The van der Waals surface area contributed by atoms with Gasteiger partial charge in [0.2, 0.25) is 5.95 Å². The zero-order valence-corrected chi connectivity index (χ0v) is 13.5. The van der Waals surface area contributed by atoms with Crippen molar-refractivity contribution in [2.24, 2.45) is 0 Å². The Kier molecular flexibility index (Phi) is 4.20. The molecule has 0 bridgehead atoms. The fourth-order valence-corrected chi connectivity index (χ4v) is 3.55. The maximum Gasteiger partial charge on any atom is 0.280 e. The van der Waals surface area contributed by atoms with Crippen LogP contribution in [0.3, 0.4) is 0 Å². The summed E-state index contributed by atoms with van der Waals surface area (Å²) in [6, 6.07) is 0.269. The lowest BCUT2D eigenvalue weighted by Gasteiger charge is -2.17. The number of hydrogen-bond acceptors (Lipinski definition) is 8. The summed E-state index contributed by atoms with van der Waals surface area (Å²) < 4.78 is 6.91. The molecule has 0 radical (unpaired) electrons. The molecule has 4 atom stereocenters. The van der Waals surface area contributed by atoms with Crippen molar-refractivity contribution in [2.45, 2.75) is 56.3 Å². The van der Waals surface area contributed by atoms with Gasteiger partial charge in [0.15, 0.2) is 17.4 Å². The molecule has 3 heterocycles. The van der Waals surface area contributed by atoms with Crippen LogP contribution in [0, 0.1) is 0 Å². The first-order valence-corrected chi connectivity index (χ1v) is 8.44. The molecule has 0 unspecified atom stereocenters. The monoisotopic (exact) mass is 351 g/mol. The molecule has 0 aromatic carbocycles. The number of nitrogens with one attached hydrogen (secondary N) is 2. The molecular weight excluding hydrogens is 330 g/mol. The average Bonchev–Trinajstić information content (AvgIpc) is 3.30. The van der Waals surface area contributed by atoms with Gasteiger partial charge in [0.25, 0.3) is 5.56 Å². The van der Waals surface area contributed by atoms with Crippen LogP contribution in [0.5, 0.6) is 0 Å². The van der Waals surface area contributed by atoms with Crippen LogP contribution in [0.4, 0.5) is 5.95 Å². The number of aliphatic hydroxyl groups excluding tert-OH is 3. The van der Waals surface area contributed by atoms with Crippen LogP contribution in [-0.4, -0.2) is 65.8 Å². The number of ether oxygens (including phenoxy) is 1. The lowest BCUT2D eigenvalue weighted by molar-refractivity contribution is -0.0511. The number of imidazole rings is 1. The molecule has 1 saturated heterocycles. The van der Waals surface area contributed by atoms with Crippen LogP contribution in [0.2, 0.25) is 0 Å². The second-order valence-electron chi connectivity index (χ2n) is 6.59. The van der Waals surface area contributed by atoms with E-state index in [9.17, 15) is 20.1 Å². The Labute approximate surface area is 142 Å². The molecule has 2 aromatic heterocycles. The third-order valence-corrected chi connectivity index (χ3v) is 4.92. The van der Waals surface area contributed by atoms with E-state index in [1.165, 1.54) is 10.9 Å². The smallest absolute Gasteiger partial charge is 0.280 e. The number of aliphatic hydroxyl groups is 3. The van der Waals surface area contributed by atoms with Crippen LogP contribution in [0.25, 0.3) is 11.2 Å². The van der Waals surface area contributed by atoms with E-state index in [2.05, 4.69) is 20.3 Å². The minimum Gasteiger partial charge on any atom is -0.394 e. The Morgan fingerprint density at radius 2 is 2.08 bits per heavy atom. The first kappa shape index (κ1) is 16.5. The van der Waals surface area contributed by atoms with Crippen LogP contribution in [-0.2, 0) is 4.74 Å². The van der Waals surface area contributed by atoms with E-state index >= 15 is 0 Å². The highest BCUT2D eigenvalue weighted by molar-refractivity contribution is 5.71. The summed E-state index contributed by atoms with van der Waals surface area (Å²) in [7, 11) is 0. The fraction of sp³-hybridized carbons (Fsp3) is 0.667. The van der Waals surface area contributed by atoms with Crippen molar-refractivity contribution in [1.82, 2.24) is 19.5 Å². The molecule has 10 heteroatoms. The van der Waals surface area contributed by atoms with Crippen molar-refractivity contribution in [3.8, 4) is 0 Å². The minimum atomic E-state index is -1.26. The molecule has 0 amide bonds. The second kappa shape index (κ2) is 6.37. The van der Waals surface area contributed by atoms with Crippen molar-refractivity contribution in [3.05, 3.63) is 16.7 Å². The number of rotatable bonds is 4. The Balaban J connectivity index is 1.70. The lowest BCUT2D eigenvalue weighted by atomic mass is 10.1. The van der Waals surface area contributed by atoms with Crippen molar-refractivity contribution < 1.29 is 20.1 Å². The number of aromatic amines is 1. The van der Waals surface area contributed by atoms with Crippen LogP contribution < -0.4 is 10.9 Å². The largest absolute Gasteiger partial charge is 0.394 e. The van der Waals surface area contributed by atoms with E-state index in [4.69, 9.17) is 4.74 Å². The Bertz CT molecular complexity index is 814. The molecule has 136 valence electrons. The quantitative estimate of drug-likeness (QED) is 0.476. The highest BCUT2D eigenvalue weighted by Gasteiger charge is 2.44. The van der Waals surface area contributed by atoms with Crippen LogP contribution in [0.15, 0.2) is 11.1 Å². The summed E-state index contributed by atoms with van der Waals surface area (Å²) in [6.07, 6.45) is 1.29. The molecule has 25 heavy (non-hydrogen) atoms. The van der Waals surface area contributed by atoms with Gasteiger partial charge in [-0.3, -0.25) is 14.3 Å². The maximum absolute atomic E-state index is 12.3. The van der Waals surface area contributed by atoms with Gasteiger partial charge in [0.05, 0.1) is 12.9 Å². The number of H-pyrrole nitrogens is 1. The molecule has 10 nitrogen and oxygen atoms in total. The van der Waals surface area contributed by atoms with E-state index in [1.807, 2.05) is 0 Å². The summed E-state index contributed by atoms with van der Waals surface area (Å²) in [5.74, 6) is 0.345. The second-order valence-corrected chi connectivity index (χ2v) is 6.59. The van der Waals surface area contributed by atoms with E-state index in [0.717, 1.165) is 25.7 Å². The van der Waals surface area contributed by atoms with Gasteiger partial charge in [-0.2, -0.15) is 4.98 Å². The van der Waals surface area contributed by atoms with Gasteiger partial charge in [0, 0.05) is 6.04 Å². The van der Waals surface area contributed by atoms with Gasteiger partial charge in [-0.1, -0.05) is 12.8 Å². The Morgan fingerprint density at radius 3 is 2.76 bits per heavy atom. The van der Waals surface area contributed by atoms with Crippen molar-refractivity contribution in [1.29, 1.82) is 0 Å². The zero-order chi connectivity index (χ0) is 17.6. The molecule has 2 aromatic rings. The van der Waals surface area contributed by atoms with Crippen LogP contribution >= 0.6 is 0 Å². The molecule has 1 saturated carbocycles. The molecule has 4 rings (SSSR count). The lowest BCUT2D eigenvalue weighted by Crippen LogP contribution is -2.33. The van der Waals surface area contributed by atoms with E-state index in [1.54, 1.807) is 0 Å². The Hall–Kier alpha value is -2.01. The predicted octanol–water partition coefficient (Wildman–Crippen LogP) is -0.914. The van der Waals surface area contributed by atoms with E-state index < -0.39 is 36.7 Å². The van der Waals surface area contributed by atoms with Gasteiger partial charge in [-0.05, 0) is 12.8 Å². The first-order valence-electron chi connectivity index (χ1n) is 8.44. The molecule has 2 aliphatic rings. The summed E-state index contributed by atoms with van der Waals surface area (Å²) in [5.41, 5.74) is -0.0233. The number of anilines is 1. The molecule has 1 aliphatic carbocycles. The van der Waals surface area contributed by atoms with Crippen molar-refractivity contribution >= 4 is 17.1 Å². The fourth-order valence-electron chi connectivity index (χ4n) is 3.55. The SMILES string of the molecule is O=c1[nH]c(NC2CCCC2)nc2c1ncn2[C@@H]1O[C@H](CO)[C@@H](O)[C@H]1O. The summed E-state index contributed by atoms with van der Waals surface area (Å²) >= 11 is 0. The zero-order valence-electron chi connectivity index (χ0n) is 13.5. The average molecular weight is 351 g/mol. The topological polar surface area (TPSA) is 146 Å². The molecule has 2 fully saturated rings. The van der Waals surface area contributed by atoms with Crippen molar-refractivity contribution in [3.63, 3.8) is 0 Å². The van der Waals surface area contributed by atoms with Gasteiger partial charge in [0.1, 0.15) is 18.3 Å². The van der Waals surface area contributed by atoms with Gasteiger partial charge < -0.3 is 25.4 Å². The number of fused-ring (bicyclic) bond motifs is 1. The third-order valence-electron chi connectivity index (χ3n) is 4.92. The van der Waals surface area contributed by atoms with E-state index in [0.29, 0.717) is 5.95 Å². The normalized spacial score (nSPS) is 30.4. The summed E-state index contributed by atoms with van der Waals surface area (Å²) in [5, 5.41) is 32.6. The molecular formula is C15H21N5O5.